The van der Waals surface area contributed by atoms with Crippen molar-refractivity contribution < 1.29 is 14.4 Å². The molecular weight excluding hydrogens is 440 g/mol. The number of carbonyl (C=O) groups is 3. The van der Waals surface area contributed by atoms with Gasteiger partial charge in [-0.3, -0.25) is 19.3 Å². The van der Waals surface area contributed by atoms with Gasteiger partial charge in [0.15, 0.2) is 0 Å². The minimum Gasteiger partial charge on any atom is -0.358 e. The van der Waals surface area contributed by atoms with Gasteiger partial charge in [0.2, 0.25) is 11.8 Å². The van der Waals surface area contributed by atoms with Crippen LogP contribution in [-0.2, 0) is 9.59 Å². The van der Waals surface area contributed by atoms with E-state index in [1.165, 1.54) is 4.90 Å². The quantitative estimate of drug-likeness (QED) is 0.690. The van der Waals surface area contributed by atoms with E-state index in [0.29, 0.717) is 35.1 Å². The second kappa shape index (κ2) is 9.83. The summed E-state index contributed by atoms with van der Waals surface area (Å²) in [6, 6.07) is 12.1. The van der Waals surface area contributed by atoms with E-state index in [1.807, 2.05) is 26.0 Å². The molecule has 1 atom stereocenters. The van der Waals surface area contributed by atoms with Gasteiger partial charge in [0.1, 0.15) is 12.6 Å². The molecule has 4 rings (SSSR count). The summed E-state index contributed by atoms with van der Waals surface area (Å²) in [4.78, 5) is 44.7. The average molecular weight is 469 g/mol. The highest BCUT2D eigenvalue weighted by atomic mass is 35.5. The Bertz CT molecular complexity index is 1050. The van der Waals surface area contributed by atoms with Crippen molar-refractivity contribution in [3.63, 3.8) is 0 Å². The monoisotopic (exact) mass is 468 g/mol. The van der Waals surface area contributed by atoms with Gasteiger partial charge in [0, 0.05) is 35.9 Å². The Balaban J connectivity index is 1.66. The highest BCUT2D eigenvalue weighted by molar-refractivity contribution is 6.30. The third-order valence-corrected chi connectivity index (χ3v) is 6.61. The fourth-order valence-corrected chi connectivity index (χ4v) is 4.75. The van der Waals surface area contributed by atoms with Crippen molar-refractivity contribution in [2.24, 2.45) is 0 Å². The van der Waals surface area contributed by atoms with Gasteiger partial charge in [-0.05, 0) is 75.6 Å². The Morgan fingerprint density at radius 1 is 1.06 bits per heavy atom. The SMILES string of the molecule is CCN(CC)C(=O)c1ccc2c(c1)N(CC(=O)Nc1ccc(Cl)cc1)C(=O)[C@H]1CCCCN21. The van der Waals surface area contributed by atoms with Gasteiger partial charge in [-0.25, -0.2) is 0 Å². The van der Waals surface area contributed by atoms with Crippen molar-refractivity contribution >= 4 is 46.4 Å². The zero-order valence-electron chi connectivity index (χ0n) is 19.0. The van der Waals surface area contributed by atoms with Crippen LogP contribution < -0.4 is 15.1 Å². The Morgan fingerprint density at radius 2 is 1.79 bits per heavy atom. The van der Waals surface area contributed by atoms with E-state index in [2.05, 4.69) is 10.2 Å². The molecule has 2 aromatic carbocycles. The van der Waals surface area contributed by atoms with Crippen LogP contribution in [0.4, 0.5) is 17.1 Å². The highest BCUT2D eigenvalue weighted by Gasteiger charge is 2.40. The summed E-state index contributed by atoms with van der Waals surface area (Å²) < 4.78 is 0. The van der Waals surface area contributed by atoms with Gasteiger partial charge < -0.3 is 15.1 Å². The smallest absolute Gasteiger partial charge is 0.253 e. The minimum atomic E-state index is -0.304. The molecule has 2 aromatic rings. The van der Waals surface area contributed by atoms with Crippen LogP contribution in [0.15, 0.2) is 42.5 Å². The van der Waals surface area contributed by atoms with E-state index >= 15 is 0 Å². The van der Waals surface area contributed by atoms with Gasteiger partial charge >= 0.3 is 0 Å². The average Bonchev–Trinajstić information content (AvgIpc) is 2.83. The van der Waals surface area contributed by atoms with Gasteiger partial charge in [-0.15, -0.1) is 0 Å². The van der Waals surface area contributed by atoms with Gasteiger partial charge in [0.05, 0.1) is 11.4 Å². The van der Waals surface area contributed by atoms with Crippen molar-refractivity contribution in [1.82, 2.24) is 4.90 Å². The molecule has 33 heavy (non-hydrogen) atoms. The molecule has 174 valence electrons. The van der Waals surface area contributed by atoms with Gasteiger partial charge in [-0.1, -0.05) is 11.6 Å². The maximum Gasteiger partial charge on any atom is 0.253 e. The fourth-order valence-electron chi connectivity index (χ4n) is 4.62. The minimum absolute atomic E-state index is 0.0819. The van der Waals surface area contributed by atoms with Gasteiger partial charge in [0.25, 0.3) is 5.91 Å². The molecule has 2 aliphatic heterocycles. The Kier molecular flexibility index (Phi) is 6.88. The zero-order valence-corrected chi connectivity index (χ0v) is 19.8. The lowest BCUT2D eigenvalue weighted by atomic mass is 9.95. The summed E-state index contributed by atoms with van der Waals surface area (Å²) in [5.41, 5.74) is 2.64. The van der Waals surface area contributed by atoms with Crippen LogP contribution in [-0.4, -0.2) is 54.8 Å². The second-order valence-corrected chi connectivity index (χ2v) is 8.80. The van der Waals surface area contributed by atoms with E-state index in [-0.39, 0.29) is 30.3 Å². The van der Waals surface area contributed by atoms with E-state index in [4.69, 9.17) is 11.6 Å². The number of halogens is 1. The van der Waals surface area contributed by atoms with E-state index in [0.717, 1.165) is 31.5 Å². The molecule has 0 unspecified atom stereocenters. The van der Waals surface area contributed by atoms with Crippen molar-refractivity contribution in [3.8, 4) is 0 Å². The number of benzene rings is 2. The molecule has 0 bridgehead atoms. The first-order valence-corrected chi connectivity index (χ1v) is 11.9. The molecule has 1 N–H and O–H groups in total. The number of rotatable bonds is 6. The number of anilines is 3. The predicted molar refractivity (Wildman–Crippen MR) is 131 cm³/mol. The Hall–Kier alpha value is -3.06. The first-order valence-electron chi connectivity index (χ1n) is 11.5. The van der Waals surface area contributed by atoms with Crippen LogP contribution in [0.25, 0.3) is 0 Å². The molecule has 0 aliphatic carbocycles. The van der Waals surface area contributed by atoms with E-state index in [9.17, 15) is 14.4 Å². The summed E-state index contributed by atoms with van der Waals surface area (Å²) in [7, 11) is 0. The number of fused-ring (bicyclic) bond motifs is 3. The summed E-state index contributed by atoms with van der Waals surface area (Å²) in [6.45, 7) is 5.75. The first kappa shape index (κ1) is 23.1. The molecular formula is C25H29ClN4O3. The highest BCUT2D eigenvalue weighted by Crippen LogP contribution is 2.40. The second-order valence-electron chi connectivity index (χ2n) is 8.37. The lowest BCUT2D eigenvalue weighted by Crippen LogP contribution is -2.56. The van der Waals surface area contributed by atoms with Crippen molar-refractivity contribution in [2.75, 3.05) is 41.3 Å². The van der Waals surface area contributed by atoms with Gasteiger partial charge in [-0.2, -0.15) is 0 Å². The topological polar surface area (TPSA) is 73.0 Å². The van der Waals surface area contributed by atoms with Crippen LogP contribution in [0.3, 0.4) is 0 Å². The lowest BCUT2D eigenvalue weighted by molar-refractivity contribution is -0.123. The summed E-state index contributed by atoms with van der Waals surface area (Å²) >= 11 is 5.93. The predicted octanol–water partition coefficient (Wildman–Crippen LogP) is 4.17. The number of nitrogens with zero attached hydrogens (tertiary/aromatic N) is 3. The number of amides is 3. The largest absolute Gasteiger partial charge is 0.358 e. The maximum atomic E-state index is 13.5. The Labute approximate surface area is 199 Å². The van der Waals surface area contributed by atoms with Crippen LogP contribution in [0.2, 0.25) is 5.02 Å². The lowest BCUT2D eigenvalue weighted by Gasteiger charge is -2.45. The number of hydrogen-bond donors (Lipinski definition) is 1. The molecule has 0 radical (unpaired) electrons. The van der Waals surface area contributed by atoms with Crippen LogP contribution in [0.1, 0.15) is 43.5 Å². The van der Waals surface area contributed by atoms with Crippen molar-refractivity contribution in [1.29, 1.82) is 0 Å². The van der Waals surface area contributed by atoms with E-state index < -0.39 is 0 Å². The molecule has 0 spiro atoms. The molecule has 0 saturated carbocycles. The summed E-state index contributed by atoms with van der Waals surface area (Å²) in [5.74, 6) is -0.483. The number of piperidine rings is 1. The normalized spacial score (nSPS) is 17.3. The summed E-state index contributed by atoms with van der Waals surface area (Å²) in [6.07, 6.45) is 2.75. The molecule has 2 heterocycles. The third-order valence-electron chi connectivity index (χ3n) is 6.36. The number of hydrogen-bond acceptors (Lipinski definition) is 4. The van der Waals surface area contributed by atoms with Crippen LogP contribution >= 0.6 is 11.6 Å². The summed E-state index contributed by atoms with van der Waals surface area (Å²) in [5, 5.41) is 3.41. The van der Waals surface area contributed by atoms with Crippen molar-refractivity contribution in [3.05, 3.63) is 53.1 Å². The Morgan fingerprint density at radius 3 is 2.48 bits per heavy atom. The molecule has 2 aliphatic rings. The van der Waals surface area contributed by atoms with Crippen molar-refractivity contribution in [2.45, 2.75) is 39.2 Å². The standard InChI is InChI=1S/C25H29ClN4O3/c1-3-28(4-2)24(32)17-8-13-20-22(15-17)30(25(33)21-7-5-6-14-29(20)21)16-23(31)27-19-11-9-18(26)10-12-19/h8-13,15,21H,3-7,14,16H2,1-2H3,(H,27,31)/t21-/m1/s1. The maximum absolute atomic E-state index is 13.5. The first-order chi connectivity index (χ1) is 15.9. The molecule has 3 amide bonds. The molecule has 0 aromatic heterocycles. The molecule has 1 saturated heterocycles. The molecule has 8 heteroatoms. The zero-order chi connectivity index (χ0) is 23.5. The van der Waals surface area contributed by atoms with Crippen LogP contribution in [0.5, 0.6) is 0 Å². The third kappa shape index (κ3) is 4.69. The number of carbonyl (C=O) groups excluding carboxylic acids is 3. The fraction of sp³-hybridized carbons (Fsp3) is 0.400. The molecule has 1 fully saturated rings. The van der Waals surface area contributed by atoms with E-state index in [1.54, 1.807) is 35.2 Å². The molecule has 7 nitrogen and oxygen atoms in total. The van der Waals surface area contributed by atoms with Crippen LogP contribution in [0, 0.1) is 0 Å². The number of nitrogens with one attached hydrogen (secondary N) is 1.